The molecule has 0 spiro atoms. The molecule has 0 unspecified atom stereocenters. The molecule has 0 saturated heterocycles. The van der Waals surface area contributed by atoms with Gasteiger partial charge in [-0.2, -0.15) is 0 Å². The van der Waals surface area contributed by atoms with Crippen LogP contribution >= 0.6 is 23.1 Å². The van der Waals surface area contributed by atoms with Crippen LogP contribution in [-0.2, 0) is 4.79 Å². The lowest BCUT2D eigenvalue weighted by Crippen LogP contribution is -2.21. The number of anilines is 1. The zero-order valence-electron chi connectivity index (χ0n) is 9.97. The van der Waals surface area contributed by atoms with Gasteiger partial charge < -0.3 is 5.32 Å². The van der Waals surface area contributed by atoms with Crippen molar-refractivity contribution in [2.24, 2.45) is 0 Å². The molecule has 3 rings (SSSR count). The molecule has 0 bridgehead atoms. The lowest BCUT2D eigenvalue weighted by atomic mass is 9.91. The Morgan fingerprint density at radius 3 is 2.78 bits per heavy atom. The third-order valence-corrected chi connectivity index (χ3v) is 4.97. The fraction of sp³-hybridized carbons (Fsp3) is 0.214. The first-order valence-electron chi connectivity index (χ1n) is 5.79. The lowest BCUT2D eigenvalue weighted by Gasteiger charge is -2.22. The van der Waals surface area contributed by atoms with Gasteiger partial charge in [-0.1, -0.05) is 12.1 Å². The summed E-state index contributed by atoms with van der Waals surface area (Å²) in [6.45, 7) is 0. The van der Waals surface area contributed by atoms with E-state index < -0.39 is 0 Å². The third kappa shape index (κ3) is 2.06. The topological polar surface area (TPSA) is 29.1 Å². The number of thiophene rings is 1. The minimum absolute atomic E-state index is 0.111. The zero-order chi connectivity index (χ0) is 12.5. The predicted molar refractivity (Wildman–Crippen MR) is 77.6 cm³/mol. The molecule has 1 aliphatic rings. The monoisotopic (exact) mass is 275 g/mol. The van der Waals surface area contributed by atoms with E-state index in [2.05, 4.69) is 35.8 Å². The van der Waals surface area contributed by atoms with Gasteiger partial charge in [-0.05, 0) is 35.4 Å². The maximum atomic E-state index is 11.7. The molecule has 2 nitrogen and oxygen atoms in total. The number of nitrogens with one attached hydrogen (secondary N) is 1. The Bertz CT molecular complexity index is 574. The number of carbonyl (C=O) groups excluding carboxylic acids is 1. The summed E-state index contributed by atoms with van der Waals surface area (Å²) in [5.41, 5.74) is 2.21. The van der Waals surface area contributed by atoms with Crippen molar-refractivity contribution in [3.8, 4) is 0 Å². The zero-order valence-corrected chi connectivity index (χ0v) is 11.6. The average molecular weight is 275 g/mol. The van der Waals surface area contributed by atoms with Crippen molar-refractivity contribution in [1.29, 1.82) is 0 Å². The highest BCUT2D eigenvalue weighted by Crippen LogP contribution is 2.40. The van der Waals surface area contributed by atoms with Gasteiger partial charge in [0.15, 0.2) is 0 Å². The van der Waals surface area contributed by atoms with Crippen LogP contribution in [0.3, 0.4) is 0 Å². The molecular weight excluding hydrogens is 262 g/mol. The Morgan fingerprint density at radius 1 is 1.28 bits per heavy atom. The SMILES string of the molecule is CSc1ccc([C@@H]2CC(=O)Nc3ccsc32)cc1. The molecule has 0 aliphatic carbocycles. The molecule has 1 amide bonds. The number of carbonyl (C=O) groups is 1. The van der Waals surface area contributed by atoms with Crippen molar-refractivity contribution in [3.63, 3.8) is 0 Å². The van der Waals surface area contributed by atoms with Crippen molar-refractivity contribution in [2.45, 2.75) is 17.2 Å². The molecule has 0 fully saturated rings. The molecule has 1 aromatic heterocycles. The quantitative estimate of drug-likeness (QED) is 0.841. The van der Waals surface area contributed by atoms with E-state index in [4.69, 9.17) is 0 Å². The van der Waals surface area contributed by atoms with Crippen LogP contribution in [0.1, 0.15) is 22.8 Å². The van der Waals surface area contributed by atoms with Gasteiger partial charge in [0.1, 0.15) is 0 Å². The molecule has 18 heavy (non-hydrogen) atoms. The van der Waals surface area contributed by atoms with Gasteiger partial charge >= 0.3 is 0 Å². The molecule has 2 heterocycles. The molecule has 0 saturated carbocycles. The molecule has 0 radical (unpaired) electrons. The largest absolute Gasteiger partial charge is 0.325 e. The van der Waals surface area contributed by atoms with E-state index in [9.17, 15) is 4.79 Å². The first-order valence-corrected chi connectivity index (χ1v) is 7.89. The Morgan fingerprint density at radius 2 is 2.06 bits per heavy atom. The molecule has 92 valence electrons. The van der Waals surface area contributed by atoms with Gasteiger partial charge in [0.05, 0.1) is 5.69 Å². The van der Waals surface area contributed by atoms with Crippen molar-refractivity contribution >= 4 is 34.7 Å². The Kier molecular flexibility index (Phi) is 3.14. The maximum Gasteiger partial charge on any atom is 0.225 e. The predicted octanol–water partition coefficient (Wildman–Crippen LogP) is 3.94. The van der Waals surface area contributed by atoms with Gasteiger partial charge in [-0.15, -0.1) is 23.1 Å². The summed E-state index contributed by atoms with van der Waals surface area (Å²) in [6.07, 6.45) is 2.62. The van der Waals surface area contributed by atoms with Crippen LogP contribution in [-0.4, -0.2) is 12.2 Å². The average Bonchev–Trinajstić information content (AvgIpc) is 2.86. The van der Waals surface area contributed by atoms with Crippen molar-refractivity contribution in [1.82, 2.24) is 0 Å². The number of fused-ring (bicyclic) bond motifs is 1. The first-order chi connectivity index (χ1) is 8.78. The fourth-order valence-electron chi connectivity index (χ4n) is 2.28. The van der Waals surface area contributed by atoms with Gasteiger partial charge in [0.25, 0.3) is 0 Å². The smallest absolute Gasteiger partial charge is 0.225 e. The Balaban J connectivity index is 1.99. The van der Waals surface area contributed by atoms with Crippen LogP contribution in [0.4, 0.5) is 5.69 Å². The van der Waals surface area contributed by atoms with Crippen LogP contribution < -0.4 is 5.32 Å². The summed E-state index contributed by atoms with van der Waals surface area (Å²) >= 11 is 3.46. The maximum absolute atomic E-state index is 11.7. The van der Waals surface area contributed by atoms with Crippen LogP contribution in [0.25, 0.3) is 0 Å². The normalized spacial score (nSPS) is 18.3. The second-order valence-electron chi connectivity index (χ2n) is 4.28. The van der Waals surface area contributed by atoms with Crippen LogP contribution in [0.5, 0.6) is 0 Å². The summed E-state index contributed by atoms with van der Waals surface area (Å²) in [5.74, 6) is 0.324. The minimum atomic E-state index is 0.111. The number of hydrogen-bond acceptors (Lipinski definition) is 3. The highest BCUT2D eigenvalue weighted by molar-refractivity contribution is 7.98. The Labute approximate surface area is 114 Å². The van der Waals surface area contributed by atoms with Crippen LogP contribution in [0.2, 0.25) is 0 Å². The number of benzene rings is 1. The van der Waals surface area contributed by atoms with Gasteiger partial charge in [-0.3, -0.25) is 4.79 Å². The first kappa shape index (κ1) is 11.8. The van der Waals surface area contributed by atoms with Crippen molar-refractivity contribution < 1.29 is 4.79 Å². The summed E-state index contributed by atoms with van der Waals surface area (Å²) in [7, 11) is 0. The van der Waals surface area contributed by atoms with Crippen LogP contribution in [0.15, 0.2) is 40.6 Å². The van der Waals surface area contributed by atoms with E-state index in [1.807, 2.05) is 11.4 Å². The highest BCUT2D eigenvalue weighted by Gasteiger charge is 2.27. The number of amides is 1. The highest BCUT2D eigenvalue weighted by atomic mass is 32.2. The van der Waals surface area contributed by atoms with E-state index in [0.29, 0.717) is 6.42 Å². The molecule has 1 atom stereocenters. The number of thioether (sulfide) groups is 1. The van der Waals surface area contributed by atoms with Crippen molar-refractivity contribution in [3.05, 3.63) is 46.2 Å². The second-order valence-corrected chi connectivity index (χ2v) is 6.10. The molecule has 2 aromatic rings. The Hall–Kier alpha value is -1.26. The number of rotatable bonds is 2. The van der Waals surface area contributed by atoms with Gasteiger partial charge in [-0.25, -0.2) is 0 Å². The van der Waals surface area contributed by atoms with E-state index in [1.165, 1.54) is 15.3 Å². The van der Waals surface area contributed by atoms with E-state index in [1.54, 1.807) is 23.1 Å². The van der Waals surface area contributed by atoms with Crippen LogP contribution in [0, 0.1) is 0 Å². The van der Waals surface area contributed by atoms with E-state index in [0.717, 1.165) is 5.69 Å². The molecule has 1 aromatic carbocycles. The van der Waals surface area contributed by atoms with Crippen molar-refractivity contribution in [2.75, 3.05) is 11.6 Å². The summed E-state index contributed by atoms with van der Waals surface area (Å²) in [4.78, 5) is 14.2. The van der Waals surface area contributed by atoms with Gasteiger partial charge in [0, 0.05) is 22.1 Å². The molecule has 4 heteroatoms. The summed E-state index contributed by atoms with van der Waals surface area (Å²) in [5, 5.41) is 4.97. The molecule has 1 aliphatic heterocycles. The summed E-state index contributed by atoms with van der Waals surface area (Å²) < 4.78 is 0. The van der Waals surface area contributed by atoms with E-state index in [-0.39, 0.29) is 11.8 Å². The van der Waals surface area contributed by atoms with E-state index >= 15 is 0 Å². The standard InChI is InChI=1S/C14H13NOS2/c1-17-10-4-2-9(3-5-10)11-8-13(16)15-12-6-7-18-14(11)12/h2-7,11H,8H2,1H3,(H,15,16)/t11-/m0/s1. The summed E-state index contributed by atoms with van der Waals surface area (Å²) in [6, 6.07) is 10.5. The second kappa shape index (κ2) is 4.78. The van der Waals surface area contributed by atoms with Gasteiger partial charge in [0.2, 0.25) is 5.91 Å². The molecular formula is C14H13NOS2. The molecule has 1 N–H and O–H groups in total. The third-order valence-electron chi connectivity index (χ3n) is 3.19. The minimum Gasteiger partial charge on any atom is -0.325 e. The fourth-order valence-corrected chi connectivity index (χ4v) is 3.67. The number of hydrogen-bond donors (Lipinski definition) is 1. The lowest BCUT2D eigenvalue weighted by molar-refractivity contribution is -0.116.